The van der Waals surface area contributed by atoms with Crippen LogP contribution in [0.3, 0.4) is 0 Å². The largest absolute Gasteiger partial charge is 0.466 e. The highest BCUT2D eigenvalue weighted by Crippen LogP contribution is 2.66. The third-order valence-electron chi connectivity index (χ3n) is 5.47. The molecule has 3 aliphatic carbocycles. The minimum absolute atomic E-state index is 0.131. The lowest BCUT2D eigenvalue weighted by Crippen LogP contribution is -2.12. The van der Waals surface area contributed by atoms with E-state index in [1.807, 2.05) is 6.92 Å². The highest BCUT2D eigenvalue weighted by Gasteiger charge is 2.65. The fourth-order valence-corrected chi connectivity index (χ4v) is 5.40. The molecule has 3 fully saturated rings. The van der Waals surface area contributed by atoms with Gasteiger partial charge in [0.2, 0.25) is 0 Å². The Balaban J connectivity index is 1.29. The Morgan fingerprint density at radius 2 is 2.19 bits per heavy atom. The van der Waals surface area contributed by atoms with E-state index in [-0.39, 0.29) is 5.97 Å². The predicted molar refractivity (Wildman–Crippen MR) is 82.3 cm³/mol. The molecule has 4 nitrogen and oxygen atoms in total. The number of hydrogen-bond donors (Lipinski definition) is 1. The quantitative estimate of drug-likeness (QED) is 0.821. The Labute approximate surface area is 129 Å². The molecule has 1 aromatic rings. The van der Waals surface area contributed by atoms with Gasteiger partial charge < -0.3 is 10.1 Å². The van der Waals surface area contributed by atoms with E-state index < -0.39 is 0 Å². The van der Waals surface area contributed by atoms with Crippen molar-refractivity contribution in [3.05, 3.63) is 11.1 Å². The van der Waals surface area contributed by atoms with Gasteiger partial charge in [-0.05, 0) is 49.9 Å². The normalized spacial score (nSPS) is 35.6. The van der Waals surface area contributed by atoms with Gasteiger partial charge in [-0.2, -0.15) is 0 Å². The summed E-state index contributed by atoms with van der Waals surface area (Å²) in [5.74, 6) is 3.70. The van der Waals surface area contributed by atoms with E-state index in [2.05, 4.69) is 15.7 Å². The zero-order chi connectivity index (χ0) is 14.4. The van der Waals surface area contributed by atoms with Crippen molar-refractivity contribution in [1.82, 2.24) is 4.98 Å². The minimum atomic E-state index is -0.131. The van der Waals surface area contributed by atoms with Gasteiger partial charge >= 0.3 is 5.97 Å². The summed E-state index contributed by atoms with van der Waals surface area (Å²) in [4.78, 5) is 16.0. The van der Waals surface area contributed by atoms with Crippen LogP contribution in [-0.4, -0.2) is 23.6 Å². The molecule has 1 N–H and O–H groups in total. The van der Waals surface area contributed by atoms with Gasteiger partial charge in [0, 0.05) is 17.8 Å². The number of aromatic nitrogens is 1. The summed E-state index contributed by atoms with van der Waals surface area (Å²) in [6.07, 6.45) is 5.49. The number of hydrogen-bond acceptors (Lipinski definition) is 5. The molecule has 5 heteroatoms. The number of nitrogens with one attached hydrogen (secondary N) is 1. The second-order valence-electron chi connectivity index (χ2n) is 6.61. The maximum Gasteiger partial charge on any atom is 0.306 e. The van der Waals surface area contributed by atoms with E-state index in [9.17, 15) is 4.79 Å². The second kappa shape index (κ2) is 5.27. The van der Waals surface area contributed by atoms with Crippen molar-refractivity contribution in [2.45, 2.75) is 45.1 Å². The Hall–Kier alpha value is -1.10. The molecule has 0 aromatic carbocycles. The molecule has 2 bridgehead atoms. The first-order valence-corrected chi connectivity index (χ1v) is 9.00. The zero-order valence-corrected chi connectivity index (χ0v) is 13.2. The molecule has 0 amide bonds. The van der Waals surface area contributed by atoms with Gasteiger partial charge in [0.1, 0.15) is 0 Å². The average molecular weight is 306 g/mol. The van der Waals surface area contributed by atoms with Crippen LogP contribution in [0, 0.1) is 23.7 Å². The number of carbonyl (C=O) groups excluding carboxylic acids is 1. The molecular formula is C16H22N2O2S. The van der Waals surface area contributed by atoms with Gasteiger partial charge in [-0.15, -0.1) is 11.3 Å². The summed E-state index contributed by atoms with van der Waals surface area (Å²) >= 11 is 1.67. The number of esters is 1. The van der Waals surface area contributed by atoms with Crippen molar-refractivity contribution in [2.75, 3.05) is 11.9 Å². The van der Waals surface area contributed by atoms with Crippen LogP contribution < -0.4 is 5.32 Å². The molecular weight excluding hydrogens is 284 g/mol. The molecule has 4 unspecified atom stereocenters. The first kappa shape index (κ1) is 13.6. The lowest BCUT2D eigenvalue weighted by molar-refractivity contribution is -0.143. The van der Waals surface area contributed by atoms with Crippen molar-refractivity contribution in [3.8, 4) is 0 Å². The number of nitrogens with zero attached hydrogens (tertiary/aromatic N) is 1. The van der Waals surface area contributed by atoms with Gasteiger partial charge in [0.25, 0.3) is 0 Å². The Morgan fingerprint density at radius 3 is 2.90 bits per heavy atom. The van der Waals surface area contributed by atoms with E-state index in [0.29, 0.717) is 25.5 Å². The van der Waals surface area contributed by atoms with Crippen LogP contribution in [-0.2, 0) is 16.0 Å². The number of aryl methyl sites for hydroxylation is 1. The molecule has 1 aromatic heterocycles. The number of carbonyl (C=O) groups is 1. The summed E-state index contributed by atoms with van der Waals surface area (Å²) in [6, 6.07) is 0.681. The molecule has 0 spiro atoms. The first-order chi connectivity index (χ1) is 10.3. The Bertz CT molecular complexity index is 528. The van der Waals surface area contributed by atoms with Crippen molar-refractivity contribution in [2.24, 2.45) is 23.7 Å². The van der Waals surface area contributed by atoms with Crippen LogP contribution in [0.25, 0.3) is 0 Å². The summed E-state index contributed by atoms with van der Waals surface area (Å²) in [5.41, 5.74) is 1.00. The van der Waals surface area contributed by atoms with Crippen LogP contribution >= 0.6 is 11.3 Å². The molecule has 114 valence electrons. The van der Waals surface area contributed by atoms with E-state index in [0.717, 1.165) is 34.5 Å². The zero-order valence-electron chi connectivity index (χ0n) is 12.4. The number of thiazole rings is 1. The Morgan fingerprint density at radius 1 is 1.43 bits per heavy atom. The fourth-order valence-electron chi connectivity index (χ4n) is 4.61. The fraction of sp³-hybridized carbons (Fsp3) is 0.750. The molecule has 0 radical (unpaired) electrons. The van der Waals surface area contributed by atoms with Crippen molar-refractivity contribution < 1.29 is 9.53 Å². The summed E-state index contributed by atoms with van der Waals surface area (Å²) in [6.45, 7) is 2.29. The van der Waals surface area contributed by atoms with Crippen LogP contribution in [0.5, 0.6) is 0 Å². The number of fused-ring (bicyclic) bond motifs is 5. The predicted octanol–water partition coefficient (Wildman–Crippen LogP) is 3.10. The molecule has 0 saturated heterocycles. The molecule has 3 aliphatic rings. The summed E-state index contributed by atoms with van der Waals surface area (Å²) in [5, 5.41) is 6.74. The second-order valence-corrected chi connectivity index (χ2v) is 7.47. The van der Waals surface area contributed by atoms with Crippen LogP contribution in [0.2, 0.25) is 0 Å². The van der Waals surface area contributed by atoms with Gasteiger partial charge in [0.05, 0.1) is 18.7 Å². The van der Waals surface area contributed by atoms with E-state index in [1.165, 1.54) is 19.3 Å². The van der Waals surface area contributed by atoms with Gasteiger partial charge in [0.15, 0.2) is 5.13 Å². The van der Waals surface area contributed by atoms with Crippen LogP contribution in [0.15, 0.2) is 5.38 Å². The van der Waals surface area contributed by atoms with E-state index >= 15 is 0 Å². The minimum Gasteiger partial charge on any atom is -0.466 e. The third-order valence-corrected chi connectivity index (χ3v) is 6.29. The van der Waals surface area contributed by atoms with E-state index in [4.69, 9.17) is 4.74 Å². The van der Waals surface area contributed by atoms with Crippen LogP contribution in [0.4, 0.5) is 5.13 Å². The molecule has 1 heterocycles. The lowest BCUT2D eigenvalue weighted by Gasteiger charge is -2.09. The topological polar surface area (TPSA) is 51.2 Å². The SMILES string of the molecule is CCOC(=O)CCc1csc(NC2C3C4CCC(C4)C23)n1. The number of anilines is 1. The van der Waals surface area contributed by atoms with Crippen molar-refractivity contribution in [3.63, 3.8) is 0 Å². The molecule has 21 heavy (non-hydrogen) atoms. The van der Waals surface area contributed by atoms with Gasteiger partial charge in [-0.25, -0.2) is 4.98 Å². The molecule has 3 saturated carbocycles. The maximum absolute atomic E-state index is 11.4. The summed E-state index contributed by atoms with van der Waals surface area (Å²) < 4.78 is 4.95. The van der Waals surface area contributed by atoms with Gasteiger partial charge in [-0.3, -0.25) is 4.79 Å². The number of ether oxygens (including phenoxy) is 1. The molecule has 4 atom stereocenters. The Kier molecular flexibility index (Phi) is 3.40. The smallest absolute Gasteiger partial charge is 0.306 e. The van der Waals surface area contributed by atoms with Crippen LogP contribution in [0.1, 0.15) is 38.3 Å². The third kappa shape index (κ3) is 2.45. The monoisotopic (exact) mass is 306 g/mol. The summed E-state index contributed by atoms with van der Waals surface area (Å²) in [7, 11) is 0. The van der Waals surface area contributed by atoms with Crippen molar-refractivity contribution in [1.29, 1.82) is 0 Å². The highest BCUT2D eigenvalue weighted by atomic mass is 32.1. The first-order valence-electron chi connectivity index (χ1n) is 8.13. The molecule has 0 aliphatic heterocycles. The molecule has 4 rings (SSSR count). The number of rotatable bonds is 6. The highest BCUT2D eigenvalue weighted by molar-refractivity contribution is 7.13. The average Bonchev–Trinajstić information content (AvgIpc) is 2.89. The van der Waals surface area contributed by atoms with Gasteiger partial charge in [-0.1, -0.05) is 0 Å². The standard InChI is InChI=1S/C16H22N2O2S/c1-2-20-12(19)6-5-11-8-21-16(17-11)18-15-13-9-3-4-10(7-9)14(13)15/h8-10,13-15H,2-7H2,1H3,(H,17,18). The lowest BCUT2D eigenvalue weighted by atomic mass is 10.0. The maximum atomic E-state index is 11.4. The van der Waals surface area contributed by atoms with E-state index in [1.54, 1.807) is 11.3 Å². The van der Waals surface area contributed by atoms with Crippen molar-refractivity contribution >= 4 is 22.4 Å².